The van der Waals surface area contributed by atoms with Crippen molar-refractivity contribution in [1.29, 1.82) is 0 Å². The van der Waals surface area contributed by atoms with Gasteiger partial charge in [-0.3, -0.25) is 4.79 Å². The van der Waals surface area contributed by atoms with Crippen LogP contribution in [0.2, 0.25) is 5.02 Å². The lowest BCUT2D eigenvalue weighted by atomic mass is 10.1. The van der Waals surface area contributed by atoms with Gasteiger partial charge in [0.1, 0.15) is 5.69 Å². The molecule has 1 aromatic heterocycles. The van der Waals surface area contributed by atoms with E-state index in [1.54, 1.807) is 18.3 Å². The van der Waals surface area contributed by atoms with E-state index in [-0.39, 0.29) is 5.91 Å². The third-order valence-electron chi connectivity index (χ3n) is 2.80. The second-order valence-electron chi connectivity index (χ2n) is 4.34. The number of carbonyl (C=O) groups excluding carboxylic acids is 1. The van der Waals surface area contributed by atoms with Crippen LogP contribution in [0, 0.1) is 0 Å². The Labute approximate surface area is 122 Å². The summed E-state index contributed by atoms with van der Waals surface area (Å²) in [5.74, 6) is -0.252. The fraction of sp³-hybridized carbons (Fsp3) is 0.200. The second kappa shape index (κ2) is 6.91. The van der Waals surface area contributed by atoms with E-state index < -0.39 is 0 Å². The molecular weight excluding hydrogens is 274 g/mol. The largest absolute Gasteiger partial charge is 0.357 e. The van der Waals surface area contributed by atoms with Crippen LogP contribution in [-0.4, -0.2) is 16.6 Å². The highest BCUT2D eigenvalue weighted by atomic mass is 35.5. The fourth-order valence-electron chi connectivity index (χ4n) is 1.79. The van der Waals surface area contributed by atoms with Crippen LogP contribution in [-0.2, 0) is 0 Å². The van der Waals surface area contributed by atoms with E-state index in [0.717, 1.165) is 24.1 Å². The van der Waals surface area contributed by atoms with Gasteiger partial charge in [0.2, 0.25) is 0 Å². The van der Waals surface area contributed by atoms with Gasteiger partial charge in [0.25, 0.3) is 5.91 Å². The van der Waals surface area contributed by atoms with Crippen molar-refractivity contribution in [3.05, 3.63) is 58.9 Å². The lowest BCUT2D eigenvalue weighted by molar-refractivity contribution is 0.0950. The number of amides is 1. The summed E-state index contributed by atoms with van der Waals surface area (Å²) in [5.41, 5.74) is 4.85. The quantitative estimate of drug-likeness (QED) is 0.641. The van der Waals surface area contributed by atoms with Gasteiger partial charge in [0, 0.05) is 11.2 Å². The van der Waals surface area contributed by atoms with Crippen molar-refractivity contribution in [2.24, 2.45) is 5.10 Å². The number of benzene rings is 1. The third kappa shape index (κ3) is 3.71. The van der Waals surface area contributed by atoms with Crippen LogP contribution in [0.25, 0.3) is 0 Å². The van der Waals surface area contributed by atoms with Gasteiger partial charge >= 0.3 is 0 Å². The smallest absolute Gasteiger partial charge is 0.287 e. The number of aromatic nitrogens is 1. The van der Waals surface area contributed by atoms with Crippen LogP contribution in [0.4, 0.5) is 0 Å². The highest BCUT2D eigenvalue weighted by Crippen LogP contribution is 2.12. The minimum absolute atomic E-state index is 0.252. The van der Waals surface area contributed by atoms with Crippen LogP contribution >= 0.6 is 11.6 Å². The molecule has 1 heterocycles. The number of hydrogen-bond donors (Lipinski definition) is 2. The van der Waals surface area contributed by atoms with E-state index in [1.807, 2.05) is 24.3 Å². The number of halogens is 1. The standard InChI is InChI=1S/C15H16ClN3O/c1-2-4-13(11-6-8-12(16)9-7-11)18-19-15(20)14-5-3-10-17-14/h3,5-10,17H,2,4H2,1H3,(H,19,20)/b18-13-. The molecule has 1 amide bonds. The van der Waals surface area contributed by atoms with Crippen molar-refractivity contribution < 1.29 is 4.79 Å². The van der Waals surface area contributed by atoms with E-state index in [0.29, 0.717) is 10.7 Å². The zero-order chi connectivity index (χ0) is 14.4. The van der Waals surface area contributed by atoms with Crippen molar-refractivity contribution >= 4 is 23.2 Å². The van der Waals surface area contributed by atoms with Crippen LogP contribution in [0.3, 0.4) is 0 Å². The van der Waals surface area contributed by atoms with Crippen molar-refractivity contribution in [3.8, 4) is 0 Å². The Balaban J connectivity index is 2.13. The Bertz CT molecular complexity index is 588. The molecule has 104 valence electrons. The van der Waals surface area contributed by atoms with Crippen LogP contribution in [0.15, 0.2) is 47.7 Å². The van der Waals surface area contributed by atoms with Crippen LogP contribution in [0.1, 0.15) is 35.8 Å². The Morgan fingerprint density at radius 2 is 2.05 bits per heavy atom. The number of hydrazone groups is 1. The minimum atomic E-state index is -0.252. The number of hydrogen-bond acceptors (Lipinski definition) is 2. The molecule has 20 heavy (non-hydrogen) atoms. The number of carbonyl (C=O) groups is 1. The highest BCUT2D eigenvalue weighted by molar-refractivity contribution is 6.30. The average molecular weight is 290 g/mol. The number of nitrogens with one attached hydrogen (secondary N) is 2. The average Bonchev–Trinajstić information content (AvgIpc) is 2.98. The molecule has 0 unspecified atom stereocenters. The summed E-state index contributed by atoms with van der Waals surface area (Å²) >= 11 is 5.87. The lowest BCUT2D eigenvalue weighted by Gasteiger charge is -2.06. The van der Waals surface area contributed by atoms with Crippen LogP contribution < -0.4 is 5.43 Å². The Hall–Kier alpha value is -2.07. The van der Waals surface area contributed by atoms with Gasteiger partial charge in [-0.05, 0) is 36.2 Å². The summed E-state index contributed by atoms with van der Waals surface area (Å²) in [5, 5.41) is 4.90. The number of rotatable bonds is 5. The first-order valence-electron chi connectivity index (χ1n) is 6.47. The summed E-state index contributed by atoms with van der Waals surface area (Å²) in [6.45, 7) is 2.07. The molecule has 0 atom stereocenters. The molecule has 0 spiro atoms. The molecule has 0 bridgehead atoms. The van der Waals surface area contributed by atoms with E-state index in [9.17, 15) is 4.79 Å². The normalized spacial score (nSPS) is 11.4. The van der Waals surface area contributed by atoms with Crippen molar-refractivity contribution in [3.63, 3.8) is 0 Å². The molecular formula is C15H16ClN3O. The van der Waals surface area contributed by atoms with Gasteiger partial charge in [-0.25, -0.2) is 5.43 Å². The minimum Gasteiger partial charge on any atom is -0.357 e. The number of aromatic amines is 1. The van der Waals surface area contributed by atoms with Gasteiger partial charge in [0.15, 0.2) is 0 Å². The van der Waals surface area contributed by atoms with Crippen molar-refractivity contribution in [2.45, 2.75) is 19.8 Å². The molecule has 5 heteroatoms. The second-order valence-corrected chi connectivity index (χ2v) is 4.78. The fourth-order valence-corrected chi connectivity index (χ4v) is 1.92. The molecule has 0 saturated heterocycles. The molecule has 2 rings (SSSR count). The predicted molar refractivity (Wildman–Crippen MR) is 81.2 cm³/mol. The van der Waals surface area contributed by atoms with Crippen molar-refractivity contribution in [2.75, 3.05) is 0 Å². The van der Waals surface area contributed by atoms with Gasteiger partial charge < -0.3 is 4.98 Å². The number of nitrogens with zero attached hydrogens (tertiary/aromatic N) is 1. The maximum absolute atomic E-state index is 11.8. The first-order chi connectivity index (χ1) is 9.70. The highest BCUT2D eigenvalue weighted by Gasteiger charge is 2.07. The lowest BCUT2D eigenvalue weighted by Crippen LogP contribution is -2.20. The monoisotopic (exact) mass is 289 g/mol. The van der Waals surface area contributed by atoms with E-state index >= 15 is 0 Å². The molecule has 2 aromatic rings. The molecule has 1 aromatic carbocycles. The predicted octanol–water partition coefficient (Wildman–Crippen LogP) is 3.60. The molecule has 0 saturated carbocycles. The zero-order valence-electron chi connectivity index (χ0n) is 11.2. The SMILES string of the molecule is CCC/C(=N/NC(=O)c1ccc[nH]1)c1ccc(Cl)cc1. The van der Waals surface area contributed by atoms with Crippen LogP contribution in [0.5, 0.6) is 0 Å². The molecule has 4 nitrogen and oxygen atoms in total. The topological polar surface area (TPSA) is 57.2 Å². The molecule has 2 N–H and O–H groups in total. The summed E-state index contributed by atoms with van der Waals surface area (Å²) in [6, 6.07) is 10.9. The molecule has 0 aliphatic heterocycles. The van der Waals surface area contributed by atoms with Gasteiger partial charge in [-0.15, -0.1) is 0 Å². The summed E-state index contributed by atoms with van der Waals surface area (Å²) in [4.78, 5) is 14.7. The molecule has 0 aliphatic rings. The van der Waals surface area contributed by atoms with E-state index in [1.165, 1.54) is 0 Å². The Morgan fingerprint density at radius 3 is 2.65 bits per heavy atom. The maximum Gasteiger partial charge on any atom is 0.287 e. The van der Waals surface area contributed by atoms with E-state index in [4.69, 9.17) is 11.6 Å². The Morgan fingerprint density at radius 1 is 1.30 bits per heavy atom. The maximum atomic E-state index is 11.8. The molecule has 0 radical (unpaired) electrons. The third-order valence-corrected chi connectivity index (χ3v) is 3.05. The first kappa shape index (κ1) is 14.3. The summed E-state index contributed by atoms with van der Waals surface area (Å²) in [6.07, 6.45) is 3.43. The first-order valence-corrected chi connectivity index (χ1v) is 6.84. The number of H-pyrrole nitrogens is 1. The van der Waals surface area contributed by atoms with Gasteiger partial charge in [-0.2, -0.15) is 5.10 Å². The summed E-state index contributed by atoms with van der Waals surface area (Å²) < 4.78 is 0. The molecule has 0 aliphatic carbocycles. The van der Waals surface area contributed by atoms with Gasteiger partial charge in [-0.1, -0.05) is 37.1 Å². The summed E-state index contributed by atoms with van der Waals surface area (Å²) in [7, 11) is 0. The van der Waals surface area contributed by atoms with Crippen molar-refractivity contribution in [1.82, 2.24) is 10.4 Å². The molecule has 0 fully saturated rings. The zero-order valence-corrected chi connectivity index (χ0v) is 11.9. The Kier molecular flexibility index (Phi) is 4.96. The van der Waals surface area contributed by atoms with E-state index in [2.05, 4.69) is 22.4 Å². The van der Waals surface area contributed by atoms with Gasteiger partial charge in [0.05, 0.1) is 5.71 Å².